The van der Waals surface area contributed by atoms with E-state index in [1.165, 1.54) is 12.1 Å². The second-order valence-corrected chi connectivity index (χ2v) is 23.8. The third-order valence-electron chi connectivity index (χ3n) is 10.7. The van der Waals surface area contributed by atoms with E-state index in [1.807, 2.05) is 0 Å². The van der Waals surface area contributed by atoms with E-state index in [-0.39, 0.29) is 25.8 Å². The normalized spacial score (nSPS) is 16.6. The number of benzene rings is 4. The van der Waals surface area contributed by atoms with Gasteiger partial charge in [-0.1, -0.05) is 0 Å². The molecule has 6 rings (SSSR count). The van der Waals surface area contributed by atoms with Gasteiger partial charge in [-0.05, 0) is 0 Å². The molecule has 0 radical (unpaired) electrons. The molecule has 1 atom stereocenters. The molecule has 0 spiro atoms. The molecule has 2 aliphatic rings. The molecule has 0 aromatic heterocycles. The van der Waals surface area contributed by atoms with Crippen molar-refractivity contribution >= 4 is 3.21 Å². The van der Waals surface area contributed by atoms with Crippen molar-refractivity contribution in [2.75, 3.05) is 0 Å². The van der Waals surface area contributed by atoms with Crippen LogP contribution in [0.4, 0.5) is 26.3 Å². The number of alkyl halides is 6. The summed E-state index contributed by atoms with van der Waals surface area (Å²) in [6.07, 6.45) is -4.76. The van der Waals surface area contributed by atoms with Crippen LogP contribution < -0.4 is 0 Å². The van der Waals surface area contributed by atoms with Crippen molar-refractivity contribution in [3.63, 3.8) is 0 Å². The molecule has 0 bridgehead atoms. The Bertz CT molecular complexity index is 2050. The van der Waals surface area contributed by atoms with Gasteiger partial charge in [-0.3, -0.25) is 0 Å². The predicted octanol–water partition coefficient (Wildman–Crippen LogP) is 13.8. The number of halogens is 6. The summed E-state index contributed by atoms with van der Waals surface area (Å²) in [7, 11) is 0. The van der Waals surface area contributed by atoms with Crippen LogP contribution in [0.25, 0.3) is 11.1 Å². The van der Waals surface area contributed by atoms with Crippen molar-refractivity contribution in [1.82, 2.24) is 0 Å². The number of hydrogen-bond donors (Lipinski definition) is 0. The molecule has 2 aliphatic carbocycles. The third kappa shape index (κ3) is 7.80. The van der Waals surface area contributed by atoms with Crippen LogP contribution in [0.1, 0.15) is 117 Å². The second kappa shape index (κ2) is 13.5. The van der Waals surface area contributed by atoms with E-state index in [0.717, 1.165) is 66.5 Å². The molecular weight excluding hydrogens is 758 g/mol. The van der Waals surface area contributed by atoms with Gasteiger partial charge in [0.2, 0.25) is 0 Å². The monoisotopic (exact) mass is 804 g/mol. The summed E-state index contributed by atoms with van der Waals surface area (Å²) in [5.41, 5.74) is 6.23. The van der Waals surface area contributed by atoms with Gasteiger partial charge in [0.1, 0.15) is 0 Å². The molecule has 4 aromatic carbocycles. The fourth-order valence-electron chi connectivity index (χ4n) is 7.64. The van der Waals surface area contributed by atoms with Gasteiger partial charge in [-0.25, -0.2) is 0 Å². The summed E-state index contributed by atoms with van der Waals surface area (Å²) in [6.45, 7) is 21.5. The number of fused-ring (bicyclic) bond motifs is 3. The Labute approximate surface area is 318 Å². The molecule has 1 unspecified atom stereocenters. The summed E-state index contributed by atoms with van der Waals surface area (Å²) in [4.78, 5) is 0. The van der Waals surface area contributed by atoms with Crippen molar-refractivity contribution in [3.05, 3.63) is 150 Å². The zero-order chi connectivity index (χ0) is 39.1. The zero-order valence-corrected chi connectivity index (χ0v) is 34.6. The Morgan fingerprint density at radius 2 is 0.962 bits per heavy atom. The molecule has 0 saturated heterocycles. The first-order valence-electron chi connectivity index (χ1n) is 18.2. The Morgan fingerprint density at radius 3 is 1.32 bits per heavy atom. The van der Waals surface area contributed by atoms with Crippen LogP contribution in [0.2, 0.25) is 0 Å². The van der Waals surface area contributed by atoms with Crippen LogP contribution in [-0.4, -0.2) is 3.21 Å². The van der Waals surface area contributed by atoms with E-state index < -0.39 is 44.7 Å². The topological polar surface area (TPSA) is 0 Å². The molecule has 0 fully saturated rings. The summed E-state index contributed by atoms with van der Waals surface area (Å²) >= 11 is -3.78. The quantitative estimate of drug-likeness (QED) is 0.180. The zero-order valence-electron chi connectivity index (χ0n) is 32.2. The van der Waals surface area contributed by atoms with Crippen LogP contribution in [-0.2, 0) is 44.4 Å². The number of allylic oxidation sites excluding steroid dienone is 4. The average Bonchev–Trinajstić information content (AvgIpc) is 3.59. The summed E-state index contributed by atoms with van der Waals surface area (Å²) in [5.74, 6) is -0.0469. The van der Waals surface area contributed by atoms with Crippen LogP contribution in [0.5, 0.6) is 0 Å². The van der Waals surface area contributed by atoms with Crippen molar-refractivity contribution < 1.29 is 47.6 Å². The fourth-order valence-corrected chi connectivity index (χ4v) is 17.0. The van der Waals surface area contributed by atoms with E-state index in [2.05, 4.69) is 118 Å². The van der Waals surface area contributed by atoms with E-state index in [0.29, 0.717) is 14.3 Å². The van der Waals surface area contributed by atoms with E-state index in [1.54, 1.807) is 12.1 Å². The van der Waals surface area contributed by atoms with Gasteiger partial charge in [0.15, 0.2) is 0 Å². The van der Waals surface area contributed by atoms with E-state index in [4.69, 9.17) is 0 Å². The first kappa shape index (κ1) is 39.4. The summed E-state index contributed by atoms with van der Waals surface area (Å²) in [6, 6.07) is 23.7. The van der Waals surface area contributed by atoms with Crippen LogP contribution in [0.15, 0.2) is 106 Å². The standard InChI is InChI=1S/C21H25.C15H8F6.C10H15.Zr/c1-20(2,3)16-7-9-18-14(12-16)11-15-13-17(21(4,5)6)8-10-19(15)18;16-14(17,18)12-5-1-3-10(8-12)7-11-4-2-6-13(9-11)15(19,20)21;1-8-5-6-9(7-8)10(2,3)4;/h7-13H,1-6H3;1-6,8-9H;6-8H,1-4H3;. The first-order valence-corrected chi connectivity index (χ1v) is 22.1. The van der Waals surface area contributed by atoms with Gasteiger partial charge in [-0.15, -0.1) is 0 Å². The van der Waals surface area contributed by atoms with Gasteiger partial charge in [0.05, 0.1) is 0 Å². The molecule has 0 saturated carbocycles. The fraction of sp³-hybridized carbons (Fsp3) is 0.370. The second-order valence-electron chi connectivity index (χ2n) is 17.7. The molecule has 53 heavy (non-hydrogen) atoms. The van der Waals surface area contributed by atoms with Crippen molar-refractivity contribution in [3.8, 4) is 11.1 Å². The maximum absolute atomic E-state index is 14.4. The average molecular weight is 806 g/mol. The van der Waals surface area contributed by atoms with Crippen LogP contribution >= 0.6 is 0 Å². The van der Waals surface area contributed by atoms with E-state index >= 15 is 0 Å². The molecule has 0 nitrogen and oxygen atoms in total. The summed E-state index contributed by atoms with van der Waals surface area (Å²) in [5, 5.41) is 0. The molecule has 0 aliphatic heterocycles. The Hall–Kier alpha value is -3.31. The number of rotatable bonds is 4. The van der Waals surface area contributed by atoms with Gasteiger partial charge >= 0.3 is 320 Å². The Kier molecular flexibility index (Phi) is 10.0. The van der Waals surface area contributed by atoms with E-state index in [9.17, 15) is 26.3 Å². The molecule has 7 heteroatoms. The first-order chi connectivity index (χ1) is 24.4. The van der Waals surface area contributed by atoms with Gasteiger partial charge in [0.25, 0.3) is 0 Å². The van der Waals surface area contributed by atoms with Gasteiger partial charge in [0, 0.05) is 0 Å². The Morgan fingerprint density at radius 1 is 0.528 bits per heavy atom. The van der Waals surface area contributed by atoms with Crippen molar-refractivity contribution in [2.24, 2.45) is 11.3 Å². The minimum absolute atomic E-state index is 0.0469. The summed E-state index contributed by atoms with van der Waals surface area (Å²) < 4.78 is 88.3. The van der Waals surface area contributed by atoms with Crippen molar-refractivity contribution in [1.29, 1.82) is 0 Å². The van der Waals surface area contributed by atoms with Crippen LogP contribution in [0, 0.1) is 11.3 Å². The number of hydrogen-bond acceptors (Lipinski definition) is 0. The minimum atomic E-state index is -4.63. The Balaban J connectivity index is 1.84. The predicted molar refractivity (Wildman–Crippen MR) is 202 cm³/mol. The molecule has 278 valence electrons. The third-order valence-corrected chi connectivity index (χ3v) is 19.4. The molecule has 0 amide bonds. The molecule has 0 N–H and O–H groups in total. The van der Waals surface area contributed by atoms with Crippen LogP contribution in [0.3, 0.4) is 0 Å². The molecule has 0 heterocycles. The molecule has 4 aromatic rings. The van der Waals surface area contributed by atoms with Gasteiger partial charge < -0.3 is 0 Å². The SMILES string of the molecule is CC1C=C(C(C)(C)C)C=[C]1[Zr](=[C](c1cccc(C(F)(F)F)c1)c1cccc(C(F)(F)F)c1)[CH]1c2cc(C(C)(C)C)ccc2-c2ccc(C(C)(C)C)cc21. The maximum atomic E-state index is 14.4. The van der Waals surface area contributed by atoms with Crippen molar-refractivity contribution in [2.45, 2.75) is 96.0 Å². The molecular formula is C46H48F6Zr. The van der Waals surface area contributed by atoms with Gasteiger partial charge in [-0.2, -0.15) is 0 Å².